The molecule has 0 aromatic rings. The van der Waals surface area contributed by atoms with Gasteiger partial charge in [0.15, 0.2) is 0 Å². The van der Waals surface area contributed by atoms with Crippen molar-refractivity contribution in [1.82, 2.24) is 15.5 Å². The van der Waals surface area contributed by atoms with Gasteiger partial charge in [0, 0.05) is 32.1 Å². The third-order valence-corrected chi connectivity index (χ3v) is 2.85. The highest BCUT2D eigenvalue weighted by Gasteiger charge is 2.21. The standard InChI is InChI=1S/C13H25N3O2.ClH/c1-10-9-16(6-5-14-10)12(18)8-15-11(17)7-13(2,3)4;/h10,14H,5-9H2,1-4H3,(H,15,17);1H. The minimum Gasteiger partial charge on any atom is -0.347 e. The van der Waals surface area contributed by atoms with E-state index in [1.807, 2.05) is 20.8 Å². The lowest BCUT2D eigenvalue weighted by Gasteiger charge is -2.32. The molecule has 0 bridgehead atoms. The number of carbonyl (C=O) groups excluding carboxylic acids is 2. The van der Waals surface area contributed by atoms with E-state index < -0.39 is 0 Å². The van der Waals surface area contributed by atoms with Crippen LogP contribution in [-0.2, 0) is 9.59 Å². The van der Waals surface area contributed by atoms with Gasteiger partial charge < -0.3 is 15.5 Å². The molecular formula is C13H26ClN3O2. The van der Waals surface area contributed by atoms with Gasteiger partial charge in [-0.3, -0.25) is 9.59 Å². The van der Waals surface area contributed by atoms with Crippen molar-refractivity contribution in [2.24, 2.45) is 5.41 Å². The molecule has 0 aromatic carbocycles. The lowest BCUT2D eigenvalue weighted by atomic mass is 9.92. The molecule has 1 heterocycles. The van der Waals surface area contributed by atoms with Crippen LogP contribution in [0.3, 0.4) is 0 Å². The maximum Gasteiger partial charge on any atom is 0.242 e. The number of carbonyl (C=O) groups is 2. The Morgan fingerprint density at radius 3 is 2.53 bits per heavy atom. The van der Waals surface area contributed by atoms with Gasteiger partial charge in [0.05, 0.1) is 6.54 Å². The van der Waals surface area contributed by atoms with Crippen molar-refractivity contribution in [1.29, 1.82) is 0 Å². The van der Waals surface area contributed by atoms with Gasteiger partial charge in [0.25, 0.3) is 0 Å². The van der Waals surface area contributed by atoms with Gasteiger partial charge in [0.2, 0.25) is 11.8 Å². The average molecular weight is 292 g/mol. The monoisotopic (exact) mass is 291 g/mol. The van der Waals surface area contributed by atoms with Crippen LogP contribution in [0.15, 0.2) is 0 Å². The molecule has 0 spiro atoms. The first-order valence-corrected chi connectivity index (χ1v) is 6.56. The van der Waals surface area contributed by atoms with Gasteiger partial charge in [-0.2, -0.15) is 0 Å². The average Bonchev–Trinajstić information content (AvgIpc) is 2.23. The van der Waals surface area contributed by atoms with Crippen LogP contribution in [0, 0.1) is 5.41 Å². The Hall–Kier alpha value is -0.810. The zero-order valence-electron chi connectivity index (χ0n) is 12.3. The van der Waals surface area contributed by atoms with Crippen LogP contribution >= 0.6 is 12.4 Å². The maximum absolute atomic E-state index is 11.9. The Kier molecular flexibility index (Phi) is 7.37. The van der Waals surface area contributed by atoms with Crippen LogP contribution in [0.25, 0.3) is 0 Å². The Labute approximate surface area is 121 Å². The molecule has 0 saturated carbocycles. The Bertz CT molecular complexity index is 316. The first-order chi connectivity index (χ1) is 8.28. The quantitative estimate of drug-likeness (QED) is 0.808. The molecule has 1 unspecified atom stereocenters. The normalized spacial score (nSPS) is 19.6. The minimum absolute atomic E-state index is 0. The van der Waals surface area contributed by atoms with E-state index in [0.717, 1.165) is 13.1 Å². The molecule has 1 aliphatic rings. The Morgan fingerprint density at radius 1 is 1.37 bits per heavy atom. The highest BCUT2D eigenvalue weighted by molar-refractivity contribution is 5.85. The van der Waals surface area contributed by atoms with Crippen LogP contribution in [0.2, 0.25) is 0 Å². The molecule has 2 amide bonds. The molecule has 0 aliphatic carbocycles. The molecule has 19 heavy (non-hydrogen) atoms. The molecule has 1 rings (SSSR count). The number of nitrogens with one attached hydrogen (secondary N) is 2. The fourth-order valence-electron chi connectivity index (χ4n) is 1.99. The number of rotatable bonds is 3. The number of amides is 2. The second-order valence-electron chi connectivity index (χ2n) is 6.21. The molecule has 0 radical (unpaired) electrons. The number of halogens is 1. The van der Waals surface area contributed by atoms with Crippen LogP contribution in [0.1, 0.15) is 34.1 Å². The number of hydrogen-bond acceptors (Lipinski definition) is 3. The van der Waals surface area contributed by atoms with E-state index >= 15 is 0 Å². The van der Waals surface area contributed by atoms with E-state index in [4.69, 9.17) is 0 Å². The second kappa shape index (κ2) is 7.70. The summed E-state index contributed by atoms with van der Waals surface area (Å²) in [4.78, 5) is 25.3. The van der Waals surface area contributed by atoms with Crippen LogP contribution in [0.5, 0.6) is 0 Å². The van der Waals surface area contributed by atoms with Crippen LogP contribution in [-0.4, -0.2) is 48.9 Å². The first kappa shape index (κ1) is 18.2. The topological polar surface area (TPSA) is 61.4 Å². The molecule has 112 valence electrons. The first-order valence-electron chi connectivity index (χ1n) is 6.56. The lowest BCUT2D eigenvalue weighted by Crippen LogP contribution is -2.53. The van der Waals surface area contributed by atoms with E-state index in [-0.39, 0.29) is 36.2 Å². The van der Waals surface area contributed by atoms with E-state index in [0.29, 0.717) is 19.0 Å². The highest BCUT2D eigenvalue weighted by Crippen LogP contribution is 2.17. The van der Waals surface area contributed by atoms with E-state index in [9.17, 15) is 9.59 Å². The Balaban J connectivity index is 0.00000324. The summed E-state index contributed by atoms with van der Waals surface area (Å²) in [6, 6.07) is 0.327. The van der Waals surface area contributed by atoms with Gasteiger partial charge in [-0.25, -0.2) is 0 Å². The minimum atomic E-state index is -0.0565. The summed E-state index contributed by atoms with van der Waals surface area (Å²) in [6.45, 7) is 10.4. The van der Waals surface area contributed by atoms with Gasteiger partial charge in [-0.1, -0.05) is 20.8 Å². The van der Waals surface area contributed by atoms with E-state index in [2.05, 4.69) is 17.6 Å². The predicted molar refractivity (Wildman–Crippen MR) is 78.4 cm³/mol. The third-order valence-electron chi connectivity index (χ3n) is 2.85. The molecule has 1 atom stereocenters. The van der Waals surface area contributed by atoms with Crippen molar-refractivity contribution in [3.05, 3.63) is 0 Å². The van der Waals surface area contributed by atoms with Crippen molar-refractivity contribution >= 4 is 24.2 Å². The smallest absolute Gasteiger partial charge is 0.242 e. The van der Waals surface area contributed by atoms with Crippen molar-refractivity contribution in [2.75, 3.05) is 26.2 Å². The fraction of sp³-hybridized carbons (Fsp3) is 0.846. The molecule has 2 N–H and O–H groups in total. The summed E-state index contributed by atoms with van der Waals surface area (Å²) >= 11 is 0. The molecule has 1 aliphatic heterocycles. The van der Waals surface area contributed by atoms with Crippen molar-refractivity contribution in [2.45, 2.75) is 40.2 Å². The summed E-state index contributed by atoms with van der Waals surface area (Å²) in [6.07, 6.45) is 0.443. The van der Waals surface area contributed by atoms with Gasteiger partial charge in [0.1, 0.15) is 0 Å². The summed E-state index contributed by atoms with van der Waals surface area (Å²) in [5.41, 5.74) is -0.0450. The molecule has 1 fully saturated rings. The van der Waals surface area contributed by atoms with Gasteiger partial charge in [-0.05, 0) is 12.3 Å². The van der Waals surface area contributed by atoms with Crippen molar-refractivity contribution in [3.63, 3.8) is 0 Å². The highest BCUT2D eigenvalue weighted by atomic mass is 35.5. The molecule has 1 saturated heterocycles. The summed E-state index contributed by atoms with van der Waals surface area (Å²) in [5, 5.41) is 5.98. The summed E-state index contributed by atoms with van der Waals surface area (Å²) in [7, 11) is 0. The van der Waals surface area contributed by atoms with Gasteiger partial charge in [-0.15, -0.1) is 12.4 Å². The third kappa shape index (κ3) is 7.38. The maximum atomic E-state index is 11.9. The SMILES string of the molecule is CC1CN(C(=O)CNC(=O)CC(C)(C)C)CCN1.Cl. The van der Waals surface area contributed by atoms with E-state index in [1.165, 1.54) is 0 Å². The largest absolute Gasteiger partial charge is 0.347 e. The number of piperazine rings is 1. The second-order valence-corrected chi connectivity index (χ2v) is 6.21. The van der Waals surface area contributed by atoms with E-state index in [1.54, 1.807) is 4.90 Å². The lowest BCUT2D eigenvalue weighted by molar-refractivity contribution is -0.134. The number of nitrogens with zero attached hydrogens (tertiary/aromatic N) is 1. The Morgan fingerprint density at radius 2 is 2.00 bits per heavy atom. The summed E-state index contributed by atoms with van der Waals surface area (Å²) in [5.74, 6) is -0.0513. The zero-order chi connectivity index (χ0) is 13.8. The fourth-order valence-corrected chi connectivity index (χ4v) is 1.99. The molecule has 6 heteroatoms. The molecule has 0 aromatic heterocycles. The van der Waals surface area contributed by atoms with Crippen LogP contribution in [0.4, 0.5) is 0 Å². The van der Waals surface area contributed by atoms with Crippen molar-refractivity contribution in [3.8, 4) is 0 Å². The molecule has 5 nitrogen and oxygen atoms in total. The number of hydrogen-bond donors (Lipinski definition) is 2. The van der Waals surface area contributed by atoms with Crippen molar-refractivity contribution < 1.29 is 9.59 Å². The summed E-state index contributed by atoms with van der Waals surface area (Å²) < 4.78 is 0. The van der Waals surface area contributed by atoms with Gasteiger partial charge >= 0.3 is 0 Å². The predicted octanol–water partition coefficient (Wildman–Crippen LogP) is 0.781. The zero-order valence-corrected chi connectivity index (χ0v) is 13.1. The van der Waals surface area contributed by atoms with Crippen LogP contribution < -0.4 is 10.6 Å². The molecular weight excluding hydrogens is 266 g/mol.